The molecule has 92 valence electrons. The van der Waals surface area contributed by atoms with E-state index in [4.69, 9.17) is 9.84 Å². The van der Waals surface area contributed by atoms with Gasteiger partial charge in [-0.05, 0) is 43.6 Å². The van der Waals surface area contributed by atoms with Gasteiger partial charge in [0.05, 0.1) is 12.7 Å². The fourth-order valence-corrected chi connectivity index (χ4v) is 2.15. The third-order valence-corrected chi connectivity index (χ3v) is 3.47. The molecule has 1 N–H and O–H groups in total. The van der Waals surface area contributed by atoms with Crippen molar-refractivity contribution in [2.24, 2.45) is 11.8 Å². The fourth-order valence-electron chi connectivity index (χ4n) is 2.15. The van der Waals surface area contributed by atoms with Crippen LogP contribution in [0.1, 0.15) is 40.0 Å². The van der Waals surface area contributed by atoms with Gasteiger partial charge in [0.1, 0.15) is 0 Å². The minimum absolute atomic E-state index is 0.309. The van der Waals surface area contributed by atoms with Crippen LogP contribution >= 0.6 is 0 Å². The van der Waals surface area contributed by atoms with Gasteiger partial charge in [0.2, 0.25) is 0 Å². The molecule has 1 rings (SSSR count). The highest BCUT2D eigenvalue weighted by atomic mass is 16.5. The average Bonchev–Trinajstić information content (AvgIpc) is 2.19. The number of carbonyl (C=O) groups is 1. The Hall–Kier alpha value is -0.830. The Morgan fingerprint density at radius 1 is 1.38 bits per heavy atom. The molecule has 3 heteroatoms. The average molecular weight is 226 g/mol. The highest BCUT2D eigenvalue weighted by Crippen LogP contribution is 2.30. The fraction of sp³-hybridized carbons (Fsp3) is 0.769. The smallest absolute Gasteiger partial charge is 0.328 e. The van der Waals surface area contributed by atoms with Crippen molar-refractivity contribution in [1.29, 1.82) is 0 Å². The summed E-state index contributed by atoms with van der Waals surface area (Å²) in [5.74, 6) is 0.602. The van der Waals surface area contributed by atoms with Gasteiger partial charge in [0.25, 0.3) is 0 Å². The van der Waals surface area contributed by atoms with E-state index < -0.39 is 5.97 Å². The zero-order valence-corrected chi connectivity index (χ0v) is 10.4. The Balaban J connectivity index is 2.31. The van der Waals surface area contributed by atoms with Crippen LogP contribution in [-0.2, 0) is 9.53 Å². The molecule has 3 unspecified atom stereocenters. The zero-order valence-electron chi connectivity index (χ0n) is 10.4. The van der Waals surface area contributed by atoms with Gasteiger partial charge < -0.3 is 9.84 Å². The number of carboxylic acid groups (broad SMARTS) is 1. The molecule has 0 spiro atoms. The van der Waals surface area contributed by atoms with Crippen LogP contribution < -0.4 is 0 Å². The standard InChI is InChI=1S/C13H22O3/c1-9(6-13(14)15)8-16-12-5-4-10(2)11(3)7-12/h6,10-12H,4-5,7-8H2,1-3H3,(H,14,15). The molecule has 0 radical (unpaired) electrons. The Bertz CT molecular complexity index is 270. The van der Waals surface area contributed by atoms with Gasteiger partial charge in [-0.2, -0.15) is 0 Å². The number of hydrogen-bond donors (Lipinski definition) is 1. The molecule has 0 aromatic carbocycles. The molecule has 0 aromatic rings. The van der Waals surface area contributed by atoms with E-state index in [9.17, 15) is 4.79 Å². The van der Waals surface area contributed by atoms with Crippen LogP contribution in [0.4, 0.5) is 0 Å². The number of rotatable bonds is 4. The summed E-state index contributed by atoms with van der Waals surface area (Å²) in [5, 5.41) is 8.57. The lowest BCUT2D eigenvalue weighted by atomic mass is 9.80. The summed E-state index contributed by atoms with van der Waals surface area (Å²) in [6.45, 7) is 6.79. The Morgan fingerprint density at radius 3 is 2.62 bits per heavy atom. The molecule has 16 heavy (non-hydrogen) atoms. The van der Waals surface area contributed by atoms with Gasteiger partial charge in [-0.3, -0.25) is 0 Å². The minimum atomic E-state index is -0.897. The van der Waals surface area contributed by atoms with Crippen LogP contribution in [0.3, 0.4) is 0 Å². The molecule has 3 nitrogen and oxygen atoms in total. The second-order valence-corrected chi connectivity index (χ2v) is 5.03. The first-order valence-electron chi connectivity index (χ1n) is 6.00. The van der Waals surface area contributed by atoms with E-state index in [0.717, 1.165) is 24.3 Å². The number of hydrogen-bond acceptors (Lipinski definition) is 2. The zero-order chi connectivity index (χ0) is 12.1. The maximum absolute atomic E-state index is 10.4. The molecule has 0 bridgehead atoms. The van der Waals surface area contributed by atoms with Crippen molar-refractivity contribution in [3.8, 4) is 0 Å². The van der Waals surface area contributed by atoms with E-state index >= 15 is 0 Å². The van der Waals surface area contributed by atoms with Crippen LogP contribution in [0.25, 0.3) is 0 Å². The maximum atomic E-state index is 10.4. The summed E-state index contributed by atoms with van der Waals surface area (Å²) in [7, 11) is 0. The first kappa shape index (κ1) is 13.2. The molecule has 1 fully saturated rings. The molecule has 1 saturated carbocycles. The van der Waals surface area contributed by atoms with Gasteiger partial charge in [0, 0.05) is 6.08 Å². The molecular formula is C13H22O3. The number of ether oxygens (including phenoxy) is 1. The van der Waals surface area contributed by atoms with E-state index in [-0.39, 0.29) is 0 Å². The molecule has 0 heterocycles. The van der Waals surface area contributed by atoms with Crippen molar-refractivity contribution in [2.45, 2.75) is 46.1 Å². The minimum Gasteiger partial charge on any atom is -0.478 e. The molecular weight excluding hydrogens is 204 g/mol. The molecule has 0 amide bonds. The van der Waals surface area contributed by atoms with E-state index in [2.05, 4.69) is 13.8 Å². The first-order valence-corrected chi connectivity index (χ1v) is 6.00. The van der Waals surface area contributed by atoms with Crippen LogP contribution in [-0.4, -0.2) is 23.8 Å². The van der Waals surface area contributed by atoms with Crippen LogP contribution in [0.5, 0.6) is 0 Å². The number of carboxylic acids is 1. The van der Waals surface area contributed by atoms with Crippen molar-refractivity contribution < 1.29 is 14.6 Å². The second kappa shape index (κ2) is 6.04. The Labute approximate surface area is 97.5 Å². The lowest BCUT2D eigenvalue weighted by Gasteiger charge is -2.32. The largest absolute Gasteiger partial charge is 0.478 e. The normalized spacial score (nSPS) is 31.4. The highest BCUT2D eigenvalue weighted by Gasteiger charge is 2.24. The third kappa shape index (κ3) is 4.35. The summed E-state index contributed by atoms with van der Waals surface area (Å²) in [4.78, 5) is 10.4. The Morgan fingerprint density at radius 2 is 2.06 bits per heavy atom. The summed E-state index contributed by atoms with van der Waals surface area (Å²) < 4.78 is 5.73. The molecule has 0 saturated heterocycles. The van der Waals surface area contributed by atoms with E-state index in [0.29, 0.717) is 18.6 Å². The van der Waals surface area contributed by atoms with Crippen LogP contribution in [0, 0.1) is 11.8 Å². The monoisotopic (exact) mass is 226 g/mol. The molecule has 0 aromatic heterocycles. The first-order chi connectivity index (χ1) is 7.49. The third-order valence-electron chi connectivity index (χ3n) is 3.47. The molecule has 1 aliphatic rings. The maximum Gasteiger partial charge on any atom is 0.328 e. The summed E-state index contributed by atoms with van der Waals surface area (Å²) >= 11 is 0. The van der Waals surface area contributed by atoms with E-state index in [1.54, 1.807) is 6.92 Å². The van der Waals surface area contributed by atoms with Crippen molar-refractivity contribution >= 4 is 5.97 Å². The molecule has 3 atom stereocenters. The van der Waals surface area contributed by atoms with Gasteiger partial charge in [-0.25, -0.2) is 4.79 Å². The Kier molecular flexibility index (Phi) is 5.00. The van der Waals surface area contributed by atoms with Crippen molar-refractivity contribution in [3.63, 3.8) is 0 Å². The topological polar surface area (TPSA) is 46.5 Å². The summed E-state index contributed by atoms with van der Waals surface area (Å²) in [6, 6.07) is 0. The van der Waals surface area contributed by atoms with Crippen LogP contribution in [0.2, 0.25) is 0 Å². The van der Waals surface area contributed by atoms with Crippen molar-refractivity contribution in [3.05, 3.63) is 11.6 Å². The predicted molar refractivity (Wildman–Crippen MR) is 63.3 cm³/mol. The highest BCUT2D eigenvalue weighted by molar-refractivity contribution is 5.80. The van der Waals surface area contributed by atoms with Gasteiger partial charge in [0.15, 0.2) is 0 Å². The van der Waals surface area contributed by atoms with Gasteiger partial charge in [-0.1, -0.05) is 13.8 Å². The summed E-state index contributed by atoms with van der Waals surface area (Å²) in [5.41, 5.74) is 0.777. The van der Waals surface area contributed by atoms with E-state index in [1.165, 1.54) is 12.5 Å². The lowest BCUT2D eigenvalue weighted by molar-refractivity contribution is -0.131. The predicted octanol–water partition coefficient (Wildman–Crippen LogP) is 2.86. The van der Waals surface area contributed by atoms with Crippen molar-refractivity contribution in [1.82, 2.24) is 0 Å². The quantitative estimate of drug-likeness (QED) is 0.750. The van der Waals surface area contributed by atoms with E-state index in [1.807, 2.05) is 0 Å². The molecule has 1 aliphatic carbocycles. The molecule has 0 aliphatic heterocycles. The summed E-state index contributed by atoms with van der Waals surface area (Å²) in [6.07, 6.45) is 4.94. The number of aliphatic carboxylic acids is 1. The van der Waals surface area contributed by atoms with Gasteiger partial charge in [-0.15, -0.1) is 0 Å². The SMILES string of the molecule is CC(=CC(=O)O)COC1CCC(C)C(C)C1. The lowest BCUT2D eigenvalue weighted by Crippen LogP contribution is -2.27. The van der Waals surface area contributed by atoms with Gasteiger partial charge >= 0.3 is 5.97 Å². The second-order valence-electron chi connectivity index (χ2n) is 5.03. The van der Waals surface area contributed by atoms with Crippen molar-refractivity contribution in [2.75, 3.05) is 6.61 Å². The van der Waals surface area contributed by atoms with Crippen LogP contribution in [0.15, 0.2) is 11.6 Å².